The number of benzene rings is 1. The molecule has 2 aromatic heterocycles. The van der Waals surface area contributed by atoms with Crippen LogP contribution in [-0.2, 0) is 53.3 Å². The Morgan fingerprint density at radius 2 is 1.74 bits per heavy atom. The van der Waals surface area contributed by atoms with Gasteiger partial charge in [-0.15, -0.1) is 11.3 Å². The fraction of sp³-hybridized carbons (Fsp3) is 0.488. The van der Waals surface area contributed by atoms with Gasteiger partial charge in [0.25, 0.3) is 21.8 Å². The molecule has 0 fully saturated rings. The third-order valence-electron chi connectivity index (χ3n) is 10.7. The molecule has 62 heavy (non-hydrogen) atoms. The molecule has 0 saturated carbocycles. The lowest BCUT2D eigenvalue weighted by Gasteiger charge is -2.27. The van der Waals surface area contributed by atoms with E-state index in [0.717, 1.165) is 55.7 Å². The molecule has 0 bridgehead atoms. The smallest absolute Gasteiger partial charge is 0.347 e. The standard InChI is InChI=1S/C41H55N7O11S3/c1-9-42-33-18-22(4)61(54,55)41-30(33)21-36(60-41)62(56,57)47-38(51)25(7)59-40(53)26(8)58-35(50)15-14-34(49)45-27-12-13-31-28(19-27)29(39(52)46-31)20-32-23(5)37(24(6)44-32)43-16-17-48(10-2)11-3/h12-13,19-22,25-26,33,42-44H,9-11,14-18H2,1-8H3,(H,45,49)(H,46,52)(H,47,51)/b29-20-/t22-,25-,26-,33-/m0/s1. The van der Waals surface area contributed by atoms with Gasteiger partial charge in [-0.3, -0.25) is 19.2 Å². The average molecular weight is 918 g/mol. The number of carbonyl (C=O) groups excluding carboxylic acids is 5. The molecule has 0 spiro atoms. The largest absolute Gasteiger partial charge is 0.451 e. The van der Waals surface area contributed by atoms with Crippen molar-refractivity contribution in [1.29, 1.82) is 0 Å². The van der Waals surface area contributed by atoms with E-state index in [1.807, 2.05) is 25.5 Å². The highest BCUT2D eigenvalue weighted by Crippen LogP contribution is 2.43. The van der Waals surface area contributed by atoms with Crippen LogP contribution in [0.4, 0.5) is 17.1 Å². The second kappa shape index (κ2) is 20.0. The number of aromatic amines is 1. The quantitative estimate of drug-likeness (QED) is 0.0727. The van der Waals surface area contributed by atoms with E-state index in [0.29, 0.717) is 46.0 Å². The second-order valence-corrected chi connectivity index (χ2v) is 20.7. The van der Waals surface area contributed by atoms with Gasteiger partial charge in [0.05, 0.1) is 22.9 Å². The van der Waals surface area contributed by atoms with Gasteiger partial charge >= 0.3 is 11.9 Å². The Labute approximate surface area is 365 Å². The Bertz CT molecular complexity index is 2470. The molecule has 2 aliphatic heterocycles. The van der Waals surface area contributed by atoms with Gasteiger partial charge in [-0.05, 0) is 96.6 Å². The number of aryl methyl sites for hydroxylation is 1. The summed E-state index contributed by atoms with van der Waals surface area (Å²) in [6, 6.07) is 5.75. The van der Waals surface area contributed by atoms with Crippen molar-refractivity contribution >= 4 is 89.6 Å². The molecule has 3 amide bonds. The lowest BCUT2D eigenvalue weighted by atomic mass is 10.0. The monoisotopic (exact) mass is 917 g/mol. The summed E-state index contributed by atoms with van der Waals surface area (Å²) in [6.45, 7) is 18.0. The van der Waals surface area contributed by atoms with Crippen molar-refractivity contribution in [1.82, 2.24) is 19.9 Å². The number of thiophene rings is 1. The fourth-order valence-corrected chi connectivity index (χ4v) is 12.2. The molecule has 6 N–H and O–H groups in total. The first-order valence-corrected chi connectivity index (χ1v) is 24.2. The highest BCUT2D eigenvalue weighted by atomic mass is 32.3. The second-order valence-electron chi connectivity index (χ2n) is 15.1. The van der Waals surface area contributed by atoms with Crippen LogP contribution in [0.3, 0.4) is 0 Å². The van der Waals surface area contributed by atoms with Gasteiger partial charge in [0.2, 0.25) is 5.91 Å². The highest BCUT2D eigenvalue weighted by Gasteiger charge is 2.40. The molecule has 18 nitrogen and oxygen atoms in total. The van der Waals surface area contributed by atoms with Gasteiger partial charge in [0, 0.05) is 59.4 Å². The maximum Gasteiger partial charge on any atom is 0.347 e. The molecule has 4 atom stereocenters. The van der Waals surface area contributed by atoms with E-state index in [9.17, 15) is 40.8 Å². The number of carbonyl (C=O) groups is 5. The van der Waals surface area contributed by atoms with Crippen LogP contribution < -0.4 is 26.0 Å². The third-order valence-corrected chi connectivity index (χ3v) is 16.4. The number of nitrogens with one attached hydrogen (secondary N) is 6. The Balaban J connectivity index is 1.12. The van der Waals surface area contributed by atoms with Gasteiger partial charge in [-0.2, -0.15) is 0 Å². The summed E-state index contributed by atoms with van der Waals surface area (Å²) in [5, 5.41) is 11.5. The topological polar surface area (TPSA) is 251 Å². The summed E-state index contributed by atoms with van der Waals surface area (Å²) in [6.07, 6.45) is -1.88. The number of rotatable bonds is 19. The van der Waals surface area contributed by atoms with Crippen LogP contribution in [0, 0.1) is 13.8 Å². The minimum atomic E-state index is -4.56. The van der Waals surface area contributed by atoms with Gasteiger partial charge in [-0.25, -0.2) is 26.4 Å². The third kappa shape index (κ3) is 10.9. The number of sulfonamides is 1. The number of likely N-dealkylation sites (N-methyl/N-ethyl adjacent to an activating group) is 1. The van der Waals surface area contributed by atoms with E-state index in [2.05, 4.69) is 45.0 Å². The average Bonchev–Trinajstić information content (AvgIpc) is 3.89. The zero-order chi connectivity index (χ0) is 45.7. The molecule has 1 aromatic carbocycles. The van der Waals surface area contributed by atoms with Crippen LogP contribution in [0.25, 0.3) is 11.6 Å². The van der Waals surface area contributed by atoms with Crippen LogP contribution in [0.15, 0.2) is 32.7 Å². The maximum atomic E-state index is 13.1. The zero-order valence-corrected chi connectivity index (χ0v) is 38.5. The zero-order valence-electron chi connectivity index (χ0n) is 36.0. The van der Waals surface area contributed by atoms with E-state index in [4.69, 9.17) is 9.47 Å². The number of hydrogen-bond donors (Lipinski definition) is 6. The van der Waals surface area contributed by atoms with Crippen molar-refractivity contribution in [2.75, 3.05) is 48.7 Å². The predicted octanol–water partition coefficient (Wildman–Crippen LogP) is 4.24. The number of esters is 2. The lowest BCUT2D eigenvalue weighted by Crippen LogP contribution is -2.41. The van der Waals surface area contributed by atoms with Crippen molar-refractivity contribution in [3.63, 3.8) is 0 Å². The van der Waals surface area contributed by atoms with Crippen LogP contribution in [0.2, 0.25) is 0 Å². The number of ether oxygens (including phenoxy) is 2. The molecule has 0 aliphatic carbocycles. The molecule has 0 unspecified atom stereocenters. The number of sulfone groups is 1. The number of anilines is 3. The molecular formula is C41H55N7O11S3. The summed E-state index contributed by atoms with van der Waals surface area (Å²) in [5.74, 6) is -4.13. The molecule has 4 heterocycles. The van der Waals surface area contributed by atoms with Gasteiger partial charge in [0.15, 0.2) is 22.0 Å². The van der Waals surface area contributed by atoms with Crippen molar-refractivity contribution in [3.05, 3.63) is 52.3 Å². The van der Waals surface area contributed by atoms with E-state index < -0.39 is 77.7 Å². The van der Waals surface area contributed by atoms with Gasteiger partial charge in [0.1, 0.15) is 8.42 Å². The van der Waals surface area contributed by atoms with Gasteiger partial charge < -0.3 is 40.6 Å². The number of amides is 3. The first-order valence-electron chi connectivity index (χ1n) is 20.4. The van der Waals surface area contributed by atoms with Crippen LogP contribution >= 0.6 is 11.3 Å². The van der Waals surface area contributed by atoms with Crippen molar-refractivity contribution in [2.45, 2.75) is 107 Å². The maximum absolute atomic E-state index is 13.1. The molecule has 0 radical (unpaired) electrons. The van der Waals surface area contributed by atoms with Crippen LogP contribution in [0.5, 0.6) is 0 Å². The Morgan fingerprint density at radius 1 is 1.03 bits per heavy atom. The molecule has 0 saturated heterocycles. The number of H-pyrrole nitrogens is 1. The summed E-state index contributed by atoms with van der Waals surface area (Å²) in [4.78, 5) is 69.7. The molecule has 3 aromatic rings. The highest BCUT2D eigenvalue weighted by molar-refractivity contribution is 7.95. The summed E-state index contributed by atoms with van der Waals surface area (Å²) in [5.41, 5.74) is 5.88. The van der Waals surface area contributed by atoms with E-state index >= 15 is 0 Å². The molecule has 21 heteroatoms. The Morgan fingerprint density at radius 3 is 2.42 bits per heavy atom. The molecule has 5 rings (SSSR count). The minimum Gasteiger partial charge on any atom is -0.451 e. The number of aromatic nitrogens is 1. The number of nitrogens with zero attached hydrogens (tertiary/aromatic N) is 1. The normalized spacial score (nSPS) is 18.3. The van der Waals surface area contributed by atoms with E-state index in [-0.39, 0.29) is 23.0 Å². The molecule has 2 aliphatic rings. The number of hydrogen-bond acceptors (Lipinski definition) is 15. The predicted molar refractivity (Wildman–Crippen MR) is 236 cm³/mol. The summed E-state index contributed by atoms with van der Waals surface area (Å²) >= 11 is 0.533. The van der Waals surface area contributed by atoms with E-state index in [1.165, 1.54) is 13.0 Å². The first kappa shape index (κ1) is 48.0. The first-order chi connectivity index (χ1) is 29.2. The van der Waals surface area contributed by atoms with Crippen molar-refractivity contribution < 1.29 is 50.3 Å². The van der Waals surface area contributed by atoms with Gasteiger partial charge in [-0.1, -0.05) is 20.8 Å². The Kier molecular flexibility index (Phi) is 15.4. The summed E-state index contributed by atoms with van der Waals surface area (Å²) < 4.78 is 63.7. The Hall–Kier alpha value is -5.09. The fourth-order valence-electron chi connectivity index (χ4n) is 7.12. The minimum absolute atomic E-state index is 0.0924. The molecule has 338 valence electrons. The van der Waals surface area contributed by atoms with Crippen molar-refractivity contribution in [2.24, 2.45) is 0 Å². The molecular weight excluding hydrogens is 863 g/mol. The SMILES string of the molecule is CCN[C@H]1C[C@H](C)S(=O)(=O)c2sc(S(=O)(=O)NC(=O)[C@H](C)OC(=O)[C@H](C)OC(=O)CCC(=O)Nc3ccc4c(c3)/C(=C/c3[nH]c(C)c(NCCN(CC)CC)c3C)C(=O)N4)cc21. The number of fused-ring (bicyclic) bond motifs is 2. The van der Waals surface area contributed by atoms with E-state index in [1.54, 1.807) is 31.2 Å². The van der Waals surface area contributed by atoms with Crippen LogP contribution in [0.1, 0.15) is 94.9 Å². The van der Waals surface area contributed by atoms with Crippen molar-refractivity contribution in [3.8, 4) is 0 Å². The lowest BCUT2D eigenvalue weighted by molar-refractivity contribution is -0.171. The van der Waals surface area contributed by atoms with Crippen LogP contribution in [-0.4, -0.2) is 107 Å². The summed E-state index contributed by atoms with van der Waals surface area (Å²) in [7, 11) is -8.35.